The van der Waals surface area contributed by atoms with Gasteiger partial charge >= 0.3 is 0 Å². The minimum Gasteiger partial charge on any atom is -0.486 e. The number of hydrogen-bond donors (Lipinski definition) is 2. The van der Waals surface area contributed by atoms with E-state index < -0.39 is 0 Å². The van der Waals surface area contributed by atoms with Gasteiger partial charge in [-0.2, -0.15) is 0 Å². The van der Waals surface area contributed by atoms with Crippen molar-refractivity contribution in [2.75, 3.05) is 32.8 Å². The van der Waals surface area contributed by atoms with Gasteiger partial charge in [0.25, 0.3) is 0 Å². The molecular formula is C14H18N2O4. The number of benzene rings is 1. The highest BCUT2D eigenvalue weighted by molar-refractivity contribution is 5.98. The minimum absolute atomic E-state index is 0.0233. The Balaban J connectivity index is 1.82. The van der Waals surface area contributed by atoms with Crippen LogP contribution in [-0.2, 0) is 4.79 Å². The second-order valence-electron chi connectivity index (χ2n) is 4.44. The van der Waals surface area contributed by atoms with E-state index in [1.54, 1.807) is 18.2 Å². The molecule has 0 saturated heterocycles. The smallest absolute Gasteiger partial charge is 0.216 e. The van der Waals surface area contributed by atoms with Crippen LogP contribution in [0.25, 0.3) is 0 Å². The van der Waals surface area contributed by atoms with Crippen molar-refractivity contribution in [3.05, 3.63) is 23.8 Å². The molecule has 20 heavy (non-hydrogen) atoms. The fourth-order valence-corrected chi connectivity index (χ4v) is 1.85. The summed E-state index contributed by atoms with van der Waals surface area (Å²) in [7, 11) is 0. The molecule has 1 amide bonds. The highest BCUT2D eigenvalue weighted by atomic mass is 16.6. The van der Waals surface area contributed by atoms with Crippen molar-refractivity contribution >= 4 is 11.7 Å². The van der Waals surface area contributed by atoms with E-state index in [9.17, 15) is 9.59 Å². The van der Waals surface area contributed by atoms with Crippen molar-refractivity contribution < 1.29 is 19.1 Å². The zero-order valence-electron chi connectivity index (χ0n) is 11.4. The molecule has 0 atom stereocenters. The maximum atomic E-state index is 12.0. The van der Waals surface area contributed by atoms with Crippen molar-refractivity contribution in [2.24, 2.45) is 0 Å². The van der Waals surface area contributed by atoms with Crippen molar-refractivity contribution in [3.8, 4) is 11.5 Å². The average molecular weight is 278 g/mol. The fraction of sp³-hybridized carbons (Fsp3) is 0.429. The van der Waals surface area contributed by atoms with Crippen LogP contribution in [0.5, 0.6) is 11.5 Å². The Hall–Kier alpha value is -2.08. The molecule has 0 unspecified atom stereocenters. The van der Waals surface area contributed by atoms with Crippen LogP contribution < -0.4 is 20.1 Å². The predicted octanol–water partition coefficient (Wildman–Crippen LogP) is 0.366. The third-order valence-electron chi connectivity index (χ3n) is 2.83. The molecule has 2 N–H and O–H groups in total. The van der Waals surface area contributed by atoms with E-state index in [4.69, 9.17) is 9.47 Å². The van der Waals surface area contributed by atoms with Crippen LogP contribution in [0.15, 0.2) is 18.2 Å². The molecule has 6 heteroatoms. The lowest BCUT2D eigenvalue weighted by atomic mass is 10.1. The number of ketones is 1. The number of Topliss-reactive ketones (excluding diaryl/α,β-unsaturated/α-hetero) is 1. The quantitative estimate of drug-likeness (QED) is 0.580. The lowest BCUT2D eigenvalue weighted by Gasteiger charge is -2.18. The highest BCUT2D eigenvalue weighted by Crippen LogP contribution is 2.30. The Morgan fingerprint density at radius 2 is 1.90 bits per heavy atom. The lowest BCUT2D eigenvalue weighted by Crippen LogP contribution is -2.33. The third-order valence-corrected chi connectivity index (χ3v) is 2.83. The van der Waals surface area contributed by atoms with Gasteiger partial charge < -0.3 is 20.1 Å². The van der Waals surface area contributed by atoms with Gasteiger partial charge in [-0.15, -0.1) is 0 Å². The van der Waals surface area contributed by atoms with E-state index in [-0.39, 0.29) is 18.2 Å². The zero-order chi connectivity index (χ0) is 14.4. The minimum atomic E-state index is -0.0787. The van der Waals surface area contributed by atoms with Crippen LogP contribution in [0, 0.1) is 0 Å². The Morgan fingerprint density at radius 1 is 1.15 bits per heavy atom. The maximum absolute atomic E-state index is 12.0. The van der Waals surface area contributed by atoms with Gasteiger partial charge in [0, 0.05) is 25.6 Å². The molecular weight excluding hydrogens is 260 g/mol. The topological polar surface area (TPSA) is 76.7 Å². The first-order valence-electron chi connectivity index (χ1n) is 6.55. The summed E-state index contributed by atoms with van der Waals surface area (Å²) in [5.41, 5.74) is 0.585. The standard InChI is InChI=1S/C14H18N2O4/c1-10(17)16-5-4-15-9-12(18)11-2-3-13-14(8-11)20-7-6-19-13/h2-3,8,15H,4-7,9H2,1H3,(H,16,17). The van der Waals surface area contributed by atoms with Gasteiger partial charge in [-0.05, 0) is 18.2 Å². The summed E-state index contributed by atoms with van der Waals surface area (Å²) in [5.74, 6) is 1.18. The summed E-state index contributed by atoms with van der Waals surface area (Å²) >= 11 is 0. The highest BCUT2D eigenvalue weighted by Gasteiger charge is 2.14. The monoisotopic (exact) mass is 278 g/mol. The third kappa shape index (κ3) is 3.96. The molecule has 0 radical (unpaired) electrons. The summed E-state index contributed by atoms with van der Waals surface area (Å²) in [6, 6.07) is 5.18. The number of ether oxygens (including phenoxy) is 2. The fourth-order valence-electron chi connectivity index (χ4n) is 1.85. The molecule has 0 fully saturated rings. The van der Waals surface area contributed by atoms with Gasteiger partial charge in [0.2, 0.25) is 5.91 Å². The number of carbonyl (C=O) groups excluding carboxylic acids is 2. The van der Waals surface area contributed by atoms with E-state index in [1.165, 1.54) is 6.92 Å². The van der Waals surface area contributed by atoms with E-state index in [0.29, 0.717) is 43.4 Å². The first kappa shape index (κ1) is 14.3. The van der Waals surface area contributed by atoms with Crippen LogP contribution in [0.3, 0.4) is 0 Å². The van der Waals surface area contributed by atoms with Crippen molar-refractivity contribution in [3.63, 3.8) is 0 Å². The summed E-state index contributed by atoms with van der Waals surface area (Å²) in [4.78, 5) is 22.6. The number of fused-ring (bicyclic) bond motifs is 1. The van der Waals surface area contributed by atoms with Crippen molar-refractivity contribution in [2.45, 2.75) is 6.92 Å². The molecule has 1 aliphatic heterocycles. The molecule has 108 valence electrons. The number of nitrogens with one attached hydrogen (secondary N) is 2. The lowest BCUT2D eigenvalue weighted by molar-refractivity contribution is -0.118. The number of amides is 1. The van der Waals surface area contributed by atoms with E-state index >= 15 is 0 Å². The van der Waals surface area contributed by atoms with Gasteiger partial charge in [-0.1, -0.05) is 0 Å². The summed E-state index contributed by atoms with van der Waals surface area (Å²) in [5, 5.41) is 5.63. The van der Waals surface area contributed by atoms with Crippen LogP contribution in [0.4, 0.5) is 0 Å². The number of rotatable bonds is 6. The second-order valence-corrected chi connectivity index (χ2v) is 4.44. The number of hydrogen-bond acceptors (Lipinski definition) is 5. The summed E-state index contributed by atoms with van der Waals surface area (Å²) in [6.07, 6.45) is 0. The molecule has 0 aliphatic carbocycles. The molecule has 0 aromatic heterocycles. The molecule has 1 aliphatic rings. The molecule has 1 aromatic carbocycles. The Morgan fingerprint density at radius 3 is 2.65 bits per heavy atom. The Labute approximate surface area is 117 Å². The molecule has 0 spiro atoms. The summed E-state index contributed by atoms with van der Waals surface area (Å²) in [6.45, 7) is 3.77. The average Bonchev–Trinajstić information content (AvgIpc) is 2.46. The van der Waals surface area contributed by atoms with E-state index in [1.807, 2.05) is 0 Å². The van der Waals surface area contributed by atoms with Crippen LogP contribution in [0.2, 0.25) is 0 Å². The molecule has 0 saturated carbocycles. The zero-order valence-corrected chi connectivity index (χ0v) is 11.4. The summed E-state index contributed by atoms with van der Waals surface area (Å²) < 4.78 is 10.8. The van der Waals surface area contributed by atoms with Gasteiger partial charge in [-0.25, -0.2) is 0 Å². The van der Waals surface area contributed by atoms with Crippen molar-refractivity contribution in [1.82, 2.24) is 10.6 Å². The Kier molecular flexibility index (Phi) is 4.95. The van der Waals surface area contributed by atoms with Gasteiger partial charge in [0.1, 0.15) is 13.2 Å². The van der Waals surface area contributed by atoms with Crippen LogP contribution in [0.1, 0.15) is 17.3 Å². The van der Waals surface area contributed by atoms with E-state index in [2.05, 4.69) is 10.6 Å². The van der Waals surface area contributed by atoms with E-state index in [0.717, 1.165) is 0 Å². The molecule has 2 rings (SSSR count). The normalized spacial score (nSPS) is 12.8. The van der Waals surface area contributed by atoms with Gasteiger partial charge in [0.15, 0.2) is 17.3 Å². The molecule has 1 aromatic rings. The SMILES string of the molecule is CC(=O)NCCNCC(=O)c1ccc2c(c1)OCCO2. The van der Waals surface area contributed by atoms with Crippen LogP contribution in [-0.4, -0.2) is 44.5 Å². The van der Waals surface area contributed by atoms with Gasteiger partial charge in [-0.3, -0.25) is 9.59 Å². The molecule has 6 nitrogen and oxygen atoms in total. The predicted molar refractivity (Wildman–Crippen MR) is 73.3 cm³/mol. The Bertz CT molecular complexity index is 502. The van der Waals surface area contributed by atoms with Gasteiger partial charge in [0.05, 0.1) is 6.54 Å². The van der Waals surface area contributed by atoms with Crippen molar-refractivity contribution in [1.29, 1.82) is 0 Å². The number of carbonyl (C=O) groups is 2. The maximum Gasteiger partial charge on any atom is 0.216 e. The first-order chi connectivity index (χ1) is 9.66. The first-order valence-corrected chi connectivity index (χ1v) is 6.55. The van der Waals surface area contributed by atoms with Crippen LogP contribution >= 0.6 is 0 Å². The molecule has 0 bridgehead atoms. The largest absolute Gasteiger partial charge is 0.486 e. The second kappa shape index (κ2) is 6.91. The molecule has 1 heterocycles.